The highest BCUT2D eigenvalue weighted by molar-refractivity contribution is 5.70. The molecule has 0 amide bonds. The van der Waals surface area contributed by atoms with Gasteiger partial charge in [-0.25, -0.2) is 0 Å². The molecule has 0 saturated heterocycles. The van der Waals surface area contributed by atoms with Crippen LogP contribution >= 0.6 is 0 Å². The Morgan fingerprint density at radius 1 is 1.33 bits per heavy atom. The Labute approximate surface area is 86.5 Å². The Bertz CT molecular complexity index is 436. The third-order valence-electron chi connectivity index (χ3n) is 1.82. The molecule has 1 heterocycles. The Hall–Kier alpha value is -2.10. The first-order valence-electron chi connectivity index (χ1n) is 4.47. The lowest BCUT2D eigenvalue weighted by molar-refractivity contribution is 0.109. The van der Waals surface area contributed by atoms with Crippen molar-refractivity contribution >= 4 is 6.29 Å². The van der Waals surface area contributed by atoms with Crippen LogP contribution in [0.25, 0.3) is 0 Å². The van der Waals surface area contributed by atoms with Crippen molar-refractivity contribution in [1.82, 2.24) is 5.16 Å². The molecule has 0 radical (unpaired) electrons. The normalized spacial score (nSPS) is 9.87. The fourth-order valence-electron chi connectivity index (χ4n) is 1.13. The summed E-state index contributed by atoms with van der Waals surface area (Å²) >= 11 is 0. The number of carbonyl (C=O) groups excluding carboxylic acids is 1. The average Bonchev–Trinajstić information content (AvgIpc) is 2.76. The van der Waals surface area contributed by atoms with Crippen LogP contribution in [0.15, 0.2) is 40.9 Å². The maximum atomic E-state index is 10.3. The smallest absolute Gasteiger partial charge is 0.199 e. The van der Waals surface area contributed by atoms with Gasteiger partial charge < -0.3 is 9.26 Å². The number of benzene rings is 1. The molecule has 0 unspecified atom stereocenters. The first-order valence-corrected chi connectivity index (χ1v) is 4.47. The van der Waals surface area contributed by atoms with Crippen LogP contribution in [0.1, 0.15) is 16.2 Å². The predicted octanol–water partition coefficient (Wildman–Crippen LogP) is 2.07. The molecule has 2 rings (SSSR count). The highest BCUT2D eigenvalue weighted by Gasteiger charge is 2.03. The van der Waals surface area contributed by atoms with Crippen LogP contribution in [0.3, 0.4) is 0 Å². The molecule has 1 aromatic carbocycles. The van der Waals surface area contributed by atoms with Crippen molar-refractivity contribution < 1.29 is 14.1 Å². The molecule has 0 bridgehead atoms. The zero-order chi connectivity index (χ0) is 10.5. The topological polar surface area (TPSA) is 52.3 Å². The summed E-state index contributed by atoms with van der Waals surface area (Å²) in [6, 6.07) is 10.9. The Morgan fingerprint density at radius 2 is 2.13 bits per heavy atom. The Kier molecular flexibility index (Phi) is 2.78. The van der Waals surface area contributed by atoms with Crippen LogP contribution in [-0.2, 0) is 6.61 Å². The monoisotopic (exact) mass is 203 g/mol. The minimum atomic E-state index is 0.210. The van der Waals surface area contributed by atoms with Crippen molar-refractivity contribution in [2.45, 2.75) is 6.61 Å². The number of nitrogens with zero attached hydrogens (tertiary/aromatic N) is 1. The zero-order valence-electron chi connectivity index (χ0n) is 7.92. The maximum absolute atomic E-state index is 10.3. The third kappa shape index (κ3) is 2.43. The Morgan fingerprint density at radius 3 is 2.80 bits per heavy atom. The van der Waals surface area contributed by atoms with Gasteiger partial charge in [0.1, 0.15) is 18.1 Å². The Balaban J connectivity index is 1.96. The van der Waals surface area contributed by atoms with Crippen LogP contribution in [0.4, 0.5) is 0 Å². The van der Waals surface area contributed by atoms with Crippen LogP contribution in [0.2, 0.25) is 0 Å². The maximum Gasteiger partial charge on any atom is 0.199 e. The largest absolute Gasteiger partial charge is 0.487 e. The number of ether oxygens (including phenoxy) is 1. The van der Waals surface area contributed by atoms with Gasteiger partial charge in [-0.2, -0.15) is 0 Å². The van der Waals surface area contributed by atoms with E-state index in [4.69, 9.17) is 9.26 Å². The second kappa shape index (κ2) is 4.41. The molecule has 15 heavy (non-hydrogen) atoms. The van der Waals surface area contributed by atoms with Gasteiger partial charge in [0.25, 0.3) is 0 Å². The lowest BCUT2D eigenvalue weighted by Crippen LogP contribution is -1.94. The van der Waals surface area contributed by atoms with Crippen molar-refractivity contribution in [1.29, 1.82) is 0 Å². The molecule has 0 atom stereocenters. The van der Waals surface area contributed by atoms with Gasteiger partial charge in [0, 0.05) is 6.07 Å². The van der Waals surface area contributed by atoms with Gasteiger partial charge in [-0.1, -0.05) is 23.4 Å². The molecule has 4 nitrogen and oxygen atoms in total. The van der Waals surface area contributed by atoms with E-state index in [1.807, 2.05) is 30.3 Å². The number of rotatable bonds is 4. The minimum absolute atomic E-state index is 0.210. The average molecular weight is 203 g/mol. The number of hydrogen-bond donors (Lipinski definition) is 0. The molecule has 0 fully saturated rings. The molecular weight excluding hydrogens is 194 g/mol. The minimum Gasteiger partial charge on any atom is -0.487 e. The van der Waals surface area contributed by atoms with Crippen molar-refractivity contribution in [3.05, 3.63) is 47.9 Å². The van der Waals surface area contributed by atoms with E-state index < -0.39 is 0 Å². The molecule has 0 spiro atoms. The van der Waals surface area contributed by atoms with Gasteiger partial charge in [-0.3, -0.25) is 4.79 Å². The number of aromatic nitrogens is 1. The summed E-state index contributed by atoms with van der Waals surface area (Å²) in [7, 11) is 0. The van der Waals surface area contributed by atoms with Gasteiger partial charge in [-0.15, -0.1) is 0 Å². The van der Waals surface area contributed by atoms with E-state index in [1.54, 1.807) is 6.07 Å². The van der Waals surface area contributed by atoms with E-state index in [9.17, 15) is 4.79 Å². The van der Waals surface area contributed by atoms with E-state index in [1.165, 1.54) is 0 Å². The molecule has 0 saturated carbocycles. The first kappa shape index (κ1) is 9.45. The zero-order valence-corrected chi connectivity index (χ0v) is 7.92. The lowest BCUT2D eigenvalue weighted by Gasteiger charge is -2.01. The molecule has 1 aromatic heterocycles. The molecule has 0 aliphatic rings. The van der Waals surface area contributed by atoms with Crippen molar-refractivity contribution in [2.75, 3.05) is 0 Å². The standard InChI is InChI=1S/C11H9NO3/c13-7-11-6-9(12-15-11)8-14-10-4-2-1-3-5-10/h1-7H,8H2. The molecule has 0 N–H and O–H groups in total. The van der Waals surface area contributed by atoms with E-state index in [2.05, 4.69) is 5.16 Å². The van der Waals surface area contributed by atoms with Gasteiger partial charge in [0.05, 0.1) is 0 Å². The van der Waals surface area contributed by atoms with Crippen molar-refractivity contribution in [3.8, 4) is 5.75 Å². The number of hydrogen-bond acceptors (Lipinski definition) is 4. The molecule has 76 valence electrons. The van der Waals surface area contributed by atoms with E-state index in [0.717, 1.165) is 5.75 Å². The number of aldehydes is 1. The van der Waals surface area contributed by atoms with Gasteiger partial charge in [0.2, 0.25) is 0 Å². The number of carbonyl (C=O) groups is 1. The van der Waals surface area contributed by atoms with Crippen molar-refractivity contribution in [3.63, 3.8) is 0 Å². The quantitative estimate of drug-likeness (QED) is 0.714. The summed E-state index contributed by atoms with van der Waals surface area (Å²) in [6.07, 6.45) is 0.610. The molecule has 2 aromatic rings. The van der Waals surface area contributed by atoms with Gasteiger partial charge >= 0.3 is 0 Å². The molecule has 0 aliphatic heterocycles. The highest BCUT2D eigenvalue weighted by atomic mass is 16.5. The summed E-state index contributed by atoms with van der Waals surface area (Å²) in [5.74, 6) is 0.967. The highest BCUT2D eigenvalue weighted by Crippen LogP contribution is 2.11. The molecule has 0 aliphatic carbocycles. The van der Waals surface area contributed by atoms with E-state index in [0.29, 0.717) is 18.6 Å². The van der Waals surface area contributed by atoms with Crippen LogP contribution in [0.5, 0.6) is 5.75 Å². The van der Waals surface area contributed by atoms with Gasteiger partial charge in [-0.05, 0) is 12.1 Å². The van der Waals surface area contributed by atoms with Crippen molar-refractivity contribution in [2.24, 2.45) is 0 Å². The van der Waals surface area contributed by atoms with E-state index in [-0.39, 0.29) is 5.76 Å². The summed E-state index contributed by atoms with van der Waals surface area (Å²) in [5, 5.41) is 3.67. The summed E-state index contributed by atoms with van der Waals surface area (Å²) in [5.41, 5.74) is 0.598. The third-order valence-corrected chi connectivity index (χ3v) is 1.82. The van der Waals surface area contributed by atoms with Crippen LogP contribution < -0.4 is 4.74 Å². The summed E-state index contributed by atoms with van der Waals surface area (Å²) < 4.78 is 10.1. The fourth-order valence-corrected chi connectivity index (χ4v) is 1.13. The number of para-hydroxylation sites is 1. The van der Waals surface area contributed by atoms with Gasteiger partial charge in [0.15, 0.2) is 12.0 Å². The summed E-state index contributed by atoms with van der Waals surface area (Å²) in [4.78, 5) is 10.3. The molecule has 4 heteroatoms. The van der Waals surface area contributed by atoms with E-state index >= 15 is 0 Å². The second-order valence-corrected chi connectivity index (χ2v) is 2.94. The SMILES string of the molecule is O=Cc1cc(COc2ccccc2)no1. The lowest BCUT2D eigenvalue weighted by atomic mass is 10.3. The first-order chi connectivity index (χ1) is 7.38. The van der Waals surface area contributed by atoms with Crippen LogP contribution in [-0.4, -0.2) is 11.4 Å². The predicted molar refractivity (Wildman–Crippen MR) is 52.7 cm³/mol. The second-order valence-electron chi connectivity index (χ2n) is 2.94. The summed E-state index contributed by atoms with van der Waals surface area (Å²) in [6.45, 7) is 0.293. The van der Waals surface area contributed by atoms with Crippen LogP contribution in [0, 0.1) is 0 Å². The fraction of sp³-hybridized carbons (Fsp3) is 0.0909. The molecular formula is C11H9NO3.